The van der Waals surface area contributed by atoms with Gasteiger partial charge in [-0.25, -0.2) is 14.8 Å². The highest BCUT2D eigenvalue weighted by molar-refractivity contribution is 6.03. The first-order valence-electron chi connectivity index (χ1n) is 8.88. The molecule has 28 heavy (non-hydrogen) atoms. The van der Waals surface area contributed by atoms with Crippen LogP contribution in [0.3, 0.4) is 0 Å². The highest BCUT2D eigenvalue weighted by Gasteiger charge is 2.14. The molecule has 0 radical (unpaired) electrons. The Bertz CT molecular complexity index is 952. The number of aromatic nitrogens is 1. The van der Waals surface area contributed by atoms with Crippen LogP contribution in [0.15, 0.2) is 59.4 Å². The molecule has 1 aromatic heterocycles. The smallest absolute Gasteiger partial charge is 0.320 e. The van der Waals surface area contributed by atoms with Gasteiger partial charge in [-0.15, -0.1) is 0 Å². The Labute approximate surface area is 162 Å². The van der Waals surface area contributed by atoms with E-state index in [2.05, 4.69) is 20.6 Å². The number of nitrogens with one attached hydrogen (secondary N) is 2. The largest absolute Gasteiger partial charge is 0.398 e. The van der Waals surface area contributed by atoms with Gasteiger partial charge in [-0.2, -0.15) is 0 Å². The van der Waals surface area contributed by atoms with E-state index in [0.29, 0.717) is 35.6 Å². The molecule has 1 unspecified atom stereocenters. The summed E-state index contributed by atoms with van der Waals surface area (Å²) in [4.78, 5) is 31.9. The number of rotatable bonds is 5. The number of allylic oxidation sites excluding steroid dienone is 2. The van der Waals surface area contributed by atoms with Crippen LogP contribution in [0, 0.1) is 0 Å². The molecule has 144 valence electrons. The van der Waals surface area contributed by atoms with Crippen LogP contribution >= 0.6 is 0 Å². The van der Waals surface area contributed by atoms with E-state index in [9.17, 15) is 9.59 Å². The Hall–Kier alpha value is -3.68. The number of pyridine rings is 1. The molecular weight excluding hydrogens is 356 g/mol. The highest BCUT2D eigenvalue weighted by atomic mass is 16.2. The van der Waals surface area contributed by atoms with Crippen LogP contribution in [-0.2, 0) is 4.79 Å². The minimum absolute atomic E-state index is 0.0351. The number of benzene rings is 1. The molecule has 8 heteroatoms. The quantitative estimate of drug-likeness (QED) is 0.468. The molecule has 2 aromatic rings. The summed E-state index contributed by atoms with van der Waals surface area (Å²) >= 11 is 0. The van der Waals surface area contributed by atoms with Gasteiger partial charge in [-0.1, -0.05) is 30.3 Å². The number of carbonyl (C=O) groups excluding carboxylic acids is 2. The van der Waals surface area contributed by atoms with E-state index in [4.69, 9.17) is 11.5 Å². The van der Waals surface area contributed by atoms with Crippen molar-refractivity contribution in [2.75, 3.05) is 11.1 Å². The normalized spacial score (nSPS) is 15.1. The first-order valence-corrected chi connectivity index (χ1v) is 8.88. The molecule has 2 amide bonds. The van der Waals surface area contributed by atoms with Crippen LogP contribution in [-0.4, -0.2) is 22.6 Å². The third kappa shape index (κ3) is 4.73. The summed E-state index contributed by atoms with van der Waals surface area (Å²) in [5.41, 5.74) is 14.4. The summed E-state index contributed by atoms with van der Waals surface area (Å²) in [6.07, 6.45) is 3.93. The predicted molar refractivity (Wildman–Crippen MR) is 109 cm³/mol. The second-order valence-corrected chi connectivity index (χ2v) is 6.49. The number of anilines is 2. The number of ketones is 1. The maximum Gasteiger partial charge on any atom is 0.320 e. The molecule has 1 aliphatic rings. The number of nitrogen functional groups attached to an aromatic ring is 1. The lowest BCUT2D eigenvalue weighted by atomic mass is 10.1. The Morgan fingerprint density at radius 1 is 1.25 bits per heavy atom. The van der Waals surface area contributed by atoms with Gasteiger partial charge in [0.2, 0.25) is 0 Å². The van der Waals surface area contributed by atoms with Crippen LogP contribution in [0.5, 0.6) is 0 Å². The number of aliphatic imine (C=N–C) groups is 1. The van der Waals surface area contributed by atoms with E-state index in [0.717, 1.165) is 5.56 Å². The van der Waals surface area contributed by atoms with E-state index < -0.39 is 6.03 Å². The van der Waals surface area contributed by atoms with Gasteiger partial charge in [-0.3, -0.25) is 10.1 Å². The second-order valence-electron chi connectivity index (χ2n) is 6.49. The van der Waals surface area contributed by atoms with Crippen molar-refractivity contribution in [3.63, 3.8) is 0 Å². The molecule has 3 rings (SSSR count). The van der Waals surface area contributed by atoms with Crippen LogP contribution in [0.1, 0.15) is 36.9 Å². The number of nitrogens with two attached hydrogens (primary N) is 2. The number of urea groups is 1. The Balaban J connectivity index is 1.65. The molecule has 0 fully saturated rings. The Kier molecular flexibility index (Phi) is 5.69. The standard InChI is InChI=1S/C20H22N6O2/c1-12(13-5-3-2-4-6-13)24-20(28)26-18-10-17(21)16(11-23-18)19(22)25-14-7-8-15(27)9-14/h2-6,9-12H,7-8H2,1H3,(H2,22,25)(H4,21,23,24,26,28). The third-order valence-corrected chi connectivity index (χ3v) is 4.32. The van der Waals surface area contributed by atoms with E-state index in [1.165, 1.54) is 18.3 Å². The maximum absolute atomic E-state index is 12.2. The van der Waals surface area contributed by atoms with Gasteiger partial charge < -0.3 is 16.8 Å². The van der Waals surface area contributed by atoms with Crippen molar-refractivity contribution in [3.05, 3.63) is 65.5 Å². The lowest BCUT2D eigenvalue weighted by molar-refractivity contribution is -0.114. The molecule has 1 heterocycles. The van der Waals surface area contributed by atoms with Gasteiger partial charge in [0.15, 0.2) is 5.78 Å². The summed E-state index contributed by atoms with van der Waals surface area (Å²) in [5, 5.41) is 5.49. The van der Waals surface area contributed by atoms with Crippen molar-refractivity contribution < 1.29 is 9.59 Å². The molecule has 1 atom stereocenters. The van der Waals surface area contributed by atoms with Crippen molar-refractivity contribution >= 4 is 29.2 Å². The molecule has 0 bridgehead atoms. The molecule has 0 spiro atoms. The average molecular weight is 378 g/mol. The average Bonchev–Trinajstić information content (AvgIpc) is 3.07. The fraction of sp³-hybridized carbons (Fsp3) is 0.200. The van der Waals surface area contributed by atoms with E-state index >= 15 is 0 Å². The molecule has 1 aliphatic carbocycles. The molecule has 0 saturated carbocycles. The number of nitrogens with zero attached hydrogens (tertiary/aromatic N) is 2. The number of hydrogen-bond acceptors (Lipinski definition) is 5. The van der Waals surface area contributed by atoms with Crippen LogP contribution in [0.4, 0.5) is 16.3 Å². The fourth-order valence-electron chi connectivity index (χ4n) is 2.81. The van der Waals surface area contributed by atoms with Gasteiger partial charge in [0, 0.05) is 36.1 Å². The second kappa shape index (κ2) is 8.34. The van der Waals surface area contributed by atoms with Crippen molar-refractivity contribution in [2.24, 2.45) is 10.7 Å². The number of carbonyl (C=O) groups is 2. The molecule has 0 saturated heterocycles. The van der Waals surface area contributed by atoms with Crippen molar-refractivity contribution in [1.29, 1.82) is 0 Å². The predicted octanol–water partition coefficient (Wildman–Crippen LogP) is 2.50. The summed E-state index contributed by atoms with van der Waals surface area (Å²) in [6, 6.07) is 10.6. The van der Waals surface area contributed by atoms with E-state index in [-0.39, 0.29) is 17.7 Å². The number of hydrogen-bond donors (Lipinski definition) is 4. The van der Waals surface area contributed by atoms with Crippen LogP contribution < -0.4 is 22.1 Å². The van der Waals surface area contributed by atoms with Crippen molar-refractivity contribution in [2.45, 2.75) is 25.8 Å². The zero-order chi connectivity index (χ0) is 20.1. The first kappa shape index (κ1) is 19.1. The summed E-state index contributed by atoms with van der Waals surface area (Å²) < 4.78 is 0. The minimum Gasteiger partial charge on any atom is -0.398 e. The Morgan fingerprint density at radius 2 is 2.00 bits per heavy atom. The van der Waals surface area contributed by atoms with Gasteiger partial charge in [-0.05, 0) is 18.9 Å². The lowest BCUT2D eigenvalue weighted by Crippen LogP contribution is -2.31. The zero-order valence-corrected chi connectivity index (χ0v) is 15.5. The van der Waals surface area contributed by atoms with Gasteiger partial charge in [0.1, 0.15) is 11.7 Å². The van der Waals surface area contributed by atoms with Gasteiger partial charge >= 0.3 is 6.03 Å². The summed E-state index contributed by atoms with van der Waals surface area (Å²) in [6.45, 7) is 1.89. The van der Waals surface area contributed by atoms with Crippen LogP contribution in [0.2, 0.25) is 0 Å². The highest BCUT2D eigenvalue weighted by Crippen LogP contribution is 2.19. The minimum atomic E-state index is -0.396. The third-order valence-electron chi connectivity index (χ3n) is 4.32. The Morgan fingerprint density at radius 3 is 2.64 bits per heavy atom. The maximum atomic E-state index is 12.2. The van der Waals surface area contributed by atoms with Crippen molar-refractivity contribution in [1.82, 2.24) is 10.3 Å². The van der Waals surface area contributed by atoms with Gasteiger partial charge in [0.05, 0.1) is 11.6 Å². The molecular formula is C20H22N6O2. The fourth-order valence-corrected chi connectivity index (χ4v) is 2.81. The number of amidine groups is 1. The summed E-state index contributed by atoms with van der Waals surface area (Å²) in [7, 11) is 0. The van der Waals surface area contributed by atoms with Crippen molar-refractivity contribution in [3.8, 4) is 0 Å². The molecule has 1 aromatic carbocycles. The first-order chi connectivity index (χ1) is 13.4. The summed E-state index contributed by atoms with van der Waals surface area (Å²) in [5.74, 6) is 0.509. The van der Waals surface area contributed by atoms with E-state index in [1.54, 1.807) is 0 Å². The lowest BCUT2D eigenvalue weighted by Gasteiger charge is -2.15. The zero-order valence-electron chi connectivity index (χ0n) is 15.5. The monoisotopic (exact) mass is 378 g/mol. The molecule has 0 aliphatic heterocycles. The molecule has 6 N–H and O–H groups in total. The van der Waals surface area contributed by atoms with Gasteiger partial charge in [0.25, 0.3) is 0 Å². The SMILES string of the molecule is CC(NC(=O)Nc1cc(N)c(C(N)=NC2=CC(=O)CC2)cn1)c1ccccc1. The topological polar surface area (TPSA) is 135 Å². The molecule has 8 nitrogen and oxygen atoms in total. The van der Waals surface area contributed by atoms with Crippen LogP contribution in [0.25, 0.3) is 0 Å². The number of amides is 2. The van der Waals surface area contributed by atoms with E-state index in [1.807, 2.05) is 37.3 Å².